The number of furan rings is 1. The fraction of sp³-hybridized carbons (Fsp3) is 0.409. The minimum absolute atomic E-state index is 0.171. The summed E-state index contributed by atoms with van der Waals surface area (Å²) in [4.78, 5) is 29.2. The van der Waals surface area contributed by atoms with Crippen LogP contribution in [0.15, 0.2) is 33.5 Å². The molecule has 0 saturated carbocycles. The fourth-order valence-corrected chi connectivity index (χ4v) is 4.11. The normalized spacial score (nSPS) is 15.2. The number of aromatic amines is 1. The van der Waals surface area contributed by atoms with Gasteiger partial charge >= 0.3 is 0 Å². The lowest BCUT2D eigenvalue weighted by atomic mass is 10.2. The third-order valence-corrected chi connectivity index (χ3v) is 5.90. The van der Waals surface area contributed by atoms with Crippen LogP contribution in [0.5, 0.6) is 5.75 Å². The zero-order chi connectivity index (χ0) is 22.7. The minimum Gasteiger partial charge on any atom is -0.491 e. The number of aromatic nitrogens is 2. The molecule has 0 unspecified atom stereocenters. The van der Waals surface area contributed by atoms with Gasteiger partial charge in [0.05, 0.1) is 22.6 Å². The molecule has 170 valence electrons. The predicted molar refractivity (Wildman–Crippen MR) is 123 cm³/mol. The molecular formula is C22H26ClN5O4. The molecular weight excluding hydrogens is 434 g/mol. The van der Waals surface area contributed by atoms with Gasteiger partial charge in [0.25, 0.3) is 5.56 Å². The number of rotatable bonds is 7. The van der Waals surface area contributed by atoms with E-state index in [4.69, 9.17) is 20.8 Å². The van der Waals surface area contributed by atoms with Crippen molar-refractivity contribution in [1.82, 2.24) is 20.0 Å². The number of hydrogen-bond donors (Lipinski definition) is 2. The minimum atomic E-state index is -0.384. The van der Waals surface area contributed by atoms with Crippen LogP contribution >= 0.6 is 11.6 Å². The number of aryl methyl sites for hydroxylation is 2. The molecule has 1 fully saturated rings. The monoisotopic (exact) mass is 459 g/mol. The van der Waals surface area contributed by atoms with E-state index in [0.717, 1.165) is 32.7 Å². The number of H-pyrrole nitrogens is 1. The van der Waals surface area contributed by atoms with Crippen molar-refractivity contribution in [3.8, 4) is 5.75 Å². The molecule has 9 nitrogen and oxygen atoms in total. The first-order chi connectivity index (χ1) is 15.4. The highest BCUT2D eigenvalue weighted by Gasteiger charge is 2.22. The van der Waals surface area contributed by atoms with E-state index >= 15 is 0 Å². The van der Waals surface area contributed by atoms with Crippen molar-refractivity contribution in [3.05, 3.63) is 51.1 Å². The second kappa shape index (κ2) is 9.72. The fourth-order valence-electron chi connectivity index (χ4n) is 3.92. The molecule has 4 rings (SSSR count). The van der Waals surface area contributed by atoms with Crippen molar-refractivity contribution in [2.24, 2.45) is 0 Å². The van der Waals surface area contributed by atoms with Crippen molar-refractivity contribution in [1.29, 1.82) is 0 Å². The van der Waals surface area contributed by atoms with Crippen LogP contribution in [0, 0.1) is 13.8 Å². The Hall–Kier alpha value is -2.88. The van der Waals surface area contributed by atoms with Crippen LogP contribution in [0.25, 0.3) is 10.8 Å². The highest BCUT2D eigenvalue weighted by molar-refractivity contribution is 6.32. The van der Waals surface area contributed by atoms with Gasteiger partial charge in [-0.05, 0) is 26.0 Å². The summed E-state index contributed by atoms with van der Waals surface area (Å²) < 4.78 is 11.4. The van der Waals surface area contributed by atoms with Crippen molar-refractivity contribution >= 4 is 34.2 Å². The maximum atomic E-state index is 12.6. The van der Waals surface area contributed by atoms with Gasteiger partial charge in [-0.1, -0.05) is 23.7 Å². The zero-order valence-electron chi connectivity index (χ0n) is 18.1. The molecule has 2 N–H and O–H groups in total. The second-order valence-electron chi connectivity index (χ2n) is 7.82. The number of amides is 1. The molecule has 3 heterocycles. The lowest BCUT2D eigenvalue weighted by Crippen LogP contribution is -2.49. The molecule has 1 aliphatic rings. The van der Waals surface area contributed by atoms with Gasteiger partial charge in [0.15, 0.2) is 0 Å². The van der Waals surface area contributed by atoms with Crippen LogP contribution < -0.4 is 15.6 Å². The predicted octanol–water partition coefficient (Wildman–Crippen LogP) is 2.42. The Morgan fingerprint density at radius 3 is 2.66 bits per heavy atom. The van der Waals surface area contributed by atoms with E-state index in [1.165, 1.54) is 0 Å². The molecule has 1 aromatic carbocycles. The average molecular weight is 460 g/mol. The van der Waals surface area contributed by atoms with Crippen molar-refractivity contribution in [2.75, 3.05) is 51.2 Å². The summed E-state index contributed by atoms with van der Waals surface area (Å²) in [7, 11) is 0. The van der Waals surface area contributed by atoms with Crippen LogP contribution in [-0.4, -0.2) is 71.8 Å². The zero-order valence-corrected chi connectivity index (χ0v) is 18.9. The van der Waals surface area contributed by atoms with Crippen LogP contribution in [0.1, 0.15) is 11.5 Å². The molecule has 0 radical (unpaired) electrons. The first kappa shape index (κ1) is 22.3. The molecule has 0 aliphatic carbocycles. The Labute approximate surface area is 190 Å². The number of carbonyl (C=O) groups excluding carboxylic acids is 1. The van der Waals surface area contributed by atoms with Crippen LogP contribution in [-0.2, 0) is 4.79 Å². The topological polar surface area (TPSA) is 104 Å². The molecule has 2 aromatic heterocycles. The first-order valence-corrected chi connectivity index (χ1v) is 10.9. The number of nitrogens with zero attached hydrogens (tertiary/aromatic N) is 3. The van der Waals surface area contributed by atoms with Gasteiger partial charge in [-0.2, -0.15) is 5.10 Å². The molecule has 0 spiro atoms. The number of piperazine rings is 1. The highest BCUT2D eigenvalue weighted by Crippen LogP contribution is 2.28. The number of ether oxygens (including phenoxy) is 1. The smallest absolute Gasteiger partial charge is 0.277 e. The number of nitrogens with one attached hydrogen (secondary N) is 2. The molecule has 32 heavy (non-hydrogen) atoms. The maximum absolute atomic E-state index is 12.6. The molecule has 0 bridgehead atoms. The van der Waals surface area contributed by atoms with Crippen LogP contribution in [0.2, 0.25) is 5.02 Å². The van der Waals surface area contributed by atoms with E-state index in [-0.39, 0.29) is 23.9 Å². The third kappa shape index (κ3) is 4.95. The maximum Gasteiger partial charge on any atom is 0.277 e. The summed E-state index contributed by atoms with van der Waals surface area (Å²) in [6.07, 6.45) is 0. The quantitative estimate of drug-likeness (QED) is 0.559. The van der Waals surface area contributed by atoms with Gasteiger partial charge in [0, 0.05) is 32.7 Å². The second-order valence-corrected chi connectivity index (χ2v) is 8.23. The Kier molecular flexibility index (Phi) is 6.78. The largest absolute Gasteiger partial charge is 0.491 e. The van der Waals surface area contributed by atoms with E-state index in [1.54, 1.807) is 13.8 Å². The molecule has 3 aromatic rings. The Morgan fingerprint density at radius 2 is 1.91 bits per heavy atom. The van der Waals surface area contributed by atoms with E-state index < -0.39 is 0 Å². The summed E-state index contributed by atoms with van der Waals surface area (Å²) in [6, 6.07) is 7.43. The van der Waals surface area contributed by atoms with Gasteiger partial charge in [-0.15, -0.1) is 0 Å². The molecule has 10 heteroatoms. The summed E-state index contributed by atoms with van der Waals surface area (Å²) in [5.41, 5.74) is 0.265. The SMILES string of the molecule is Cc1n[nH]c(=O)c2c(NC(=O)CN3CCN(CCOc4ccccc4Cl)CC3)oc(C)c12. The average Bonchev–Trinajstić information content (AvgIpc) is 3.10. The number of fused-ring (bicyclic) bond motifs is 1. The molecule has 1 aliphatic heterocycles. The van der Waals surface area contributed by atoms with E-state index in [2.05, 4.69) is 25.3 Å². The lowest BCUT2D eigenvalue weighted by Gasteiger charge is -2.34. The number of benzene rings is 1. The van der Waals surface area contributed by atoms with Crippen molar-refractivity contribution < 1.29 is 13.9 Å². The van der Waals surface area contributed by atoms with Gasteiger partial charge in [-0.3, -0.25) is 24.7 Å². The lowest BCUT2D eigenvalue weighted by molar-refractivity contribution is -0.117. The molecule has 0 atom stereocenters. The van der Waals surface area contributed by atoms with Crippen molar-refractivity contribution in [3.63, 3.8) is 0 Å². The van der Waals surface area contributed by atoms with E-state index in [9.17, 15) is 9.59 Å². The Morgan fingerprint density at radius 1 is 1.19 bits per heavy atom. The van der Waals surface area contributed by atoms with Gasteiger partial charge in [0.1, 0.15) is 23.5 Å². The summed E-state index contributed by atoms with van der Waals surface area (Å²) in [5.74, 6) is 1.20. The third-order valence-electron chi connectivity index (χ3n) is 5.59. The standard InChI is InChI=1S/C22H26ClN5O4/c1-14-19-15(2)32-22(20(19)21(30)26-25-14)24-18(29)13-28-9-7-27(8-10-28)11-12-31-17-6-4-3-5-16(17)23/h3-6H,7-13H2,1-2H3,(H,24,29)(H,26,30). The Bertz CT molecular complexity index is 1170. The van der Waals surface area contributed by atoms with Gasteiger partial charge in [0.2, 0.25) is 11.8 Å². The first-order valence-electron chi connectivity index (χ1n) is 10.5. The van der Waals surface area contributed by atoms with Gasteiger partial charge in [-0.25, -0.2) is 5.10 Å². The molecule has 1 saturated heterocycles. The van der Waals surface area contributed by atoms with E-state index in [0.29, 0.717) is 39.6 Å². The van der Waals surface area contributed by atoms with E-state index in [1.807, 2.05) is 24.3 Å². The summed E-state index contributed by atoms with van der Waals surface area (Å²) in [5, 5.41) is 10.7. The number of anilines is 1. The Balaban J connectivity index is 1.26. The number of halogens is 1. The summed E-state index contributed by atoms with van der Waals surface area (Å²) in [6.45, 7) is 8.32. The van der Waals surface area contributed by atoms with Gasteiger partial charge < -0.3 is 9.15 Å². The number of para-hydroxylation sites is 1. The summed E-state index contributed by atoms with van der Waals surface area (Å²) >= 11 is 6.11. The highest BCUT2D eigenvalue weighted by atomic mass is 35.5. The number of carbonyl (C=O) groups is 1. The van der Waals surface area contributed by atoms with Crippen LogP contribution in [0.3, 0.4) is 0 Å². The number of hydrogen-bond acceptors (Lipinski definition) is 7. The van der Waals surface area contributed by atoms with Crippen LogP contribution in [0.4, 0.5) is 5.88 Å². The van der Waals surface area contributed by atoms with Crippen molar-refractivity contribution in [2.45, 2.75) is 13.8 Å². The molecule has 1 amide bonds.